The van der Waals surface area contributed by atoms with Crippen molar-refractivity contribution in [1.29, 1.82) is 0 Å². The fourth-order valence-electron chi connectivity index (χ4n) is 2.58. The van der Waals surface area contributed by atoms with E-state index in [0.717, 1.165) is 28.4 Å². The molecule has 0 aliphatic heterocycles. The molecule has 0 aliphatic carbocycles. The lowest BCUT2D eigenvalue weighted by molar-refractivity contribution is 0.410. The Labute approximate surface area is 153 Å². The Balaban J connectivity index is 1.75. The van der Waals surface area contributed by atoms with Crippen molar-refractivity contribution in [3.63, 3.8) is 0 Å². The maximum Gasteiger partial charge on any atom is 0.225 e. The number of ether oxygens (including phenoxy) is 2. The van der Waals surface area contributed by atoms with Crippen LogP contribution in [0.3, 0.4) is 0 Å². The molecule has 26 heavy (non-hydrogen) atoms. The number of aryl methyl sites for hydroxylation is 1. The molecule has 134 valence electrons. The van der Waals surface area contributed by atoms with Crippen LogP contribution in [-0.2, 0) is 6.54 Å². The van der Waals surface area contributed by atoms with Crippen molar-refractivity contribution in [3.8, 4) is 11.5 Å². The van der Waals surface area contributed by atoms with Crippen LogP contribution in [0.5, 0.6) is 11.5 Å². The van der Waals surface area contributed by atoms with Gasteiger partial charge in [0, 0.05) is 35.6 Å². The number of para-hydroxylation sites is 1. The molecule has 0 unspecified atom stereocenters. The summed E-state index contributed by atoms with van der Waals surface area (Å²) in [5.74, 6) is 2.90. The molecule has 0 bridgehead atoms. The van der Waals surface area contributed by atoms with Gasteiger partial charge in [-0.2, -0.15) is 4.98 Å². The van der Waals surface area contributed by atoms with Gasteiger partial charge in [0.05, 0.1) is 14.2 Å². The van der Waals surface area contributed by atoms with Gasteiger partial charge in [-0.05, 0) is 25.1 Å². The van der Waals surface area contributed by atoms with Crippen LogP contribution in [0.1, 0.15) is 11.3 Å². The molecule has 0 spiro atoms. The van der Waals surface area contributed by atoms with Gasteiger partial charge in [-0.3, -0.25) is 0 Å². The molecule has 0 fully saturated rings. The summed E-state index contributed by atoms with van der Waals surface area (Å²) >= 11 is 0. The monoisotopic (exact) mass is 350 g/mol. The van der Waals surface area contributed by atoms with Crippen molar-refractivity contribution in [1.82, 2.24) is 9.97 Å². The van der Waals surface area contributed by atoms with Gasteiger partial charge >= 0.3 is 0 Å². The molecule has 0 atom stereocenters. The minimum atomic E-state index is 0.557. The van der Waals surface area contributed by atoms with Crippen LogP contribution in [-0.4, -0.2) is 24.2 Å². The highest BCUT2D eigenvalue weighted by molar-refractivity contribution is 5.59. The number of benzene rings is 2. The Bertz CT molecular complexity index is 883. The van der Waals surface area contributed by atoms with Gasteiger partial charge in [0.2, 0.25) is 5.95 Å². The third kappa shape index (κ3) is 4.42. The second-order valence-electron chi connectivity index (χ2n) is 5.74. The van der Waals surface area contributed by atoms with Crippen LogP contribution >= 0.6 is 0 Å². The van der Waals surface area contributed by atoms with Crippen molar-refractivity contribution in [3.05, 3.63) is 65.9 Å². The third-order valence-corrected chi connectivity index (χ3v) is 3.83. The number of hydrogen-bond donors (Lipinski definition) is 2. The quantitative estimate of drug-likeness (QED) is 0.667. The summed E-state index contributed by atoms with van der Waals surface area (Å²) in [5, 5.41) is 6.54. The van der Waals surface area contributed by atoms with Crippen molar-refractivity contribution in [2.75, 3.05) is 24.9 Å². The normalized spacial score (nSPS) is 10.3. The van der Waals surface area contributed by atoms with E-state index in [1.807, 2.05) is 61.5 Å². The molecule has 1 aromatic heterocycles. The van der Waals surface area contributed by atoms with Gasteiger partial charge in [0.25, 0.3) is 0 Å². The van der Waals surface area contributed by atoms with Gasteiger partial charge in [0.1, 0.15) is 17.3 Å². The summed E-state index contributed by atoms with van der Waals surface area (Å²) in [6, 6.07) is 17.5. The maximum atomic E-state index is 5.38. The molecule has 0 amide bonds. The lowest BCUT2D eigenvalue weighted by Gasteiger charge is -2.12. The number of nitrogens with one attached hydrogen (secondary N) is 2. The van der Waals surface area contributed by atoms with Crippen LogP contribution < -0.4 is 20.1 Å². The number of nitrogens with zero attached hydrogens (tertiary/aromatic N) is 2. The summed E-state index contributed by atoms with van der Waals surface area (Å²) in [7, 11) is 3.31. The van der Waals surface area contributed by atoms with Crippen molar-refractivity contribution in [2.45, 2.75) is 13.5 Å². The zero-order valence-electron chi connectivity index (χ0n) is 15.1. The van der Waals surface area contributed by atoms with E-state index in [4.69, 9.17) is 9.47 Å². The number of hydrogen-bond acceptors (Lipinski definition) is 6. The van der Waals surface area contributed by atoms with Gasteiger partial charge in [-0.15, -0.1) is 0 Å². The van der Waals surface area contributed by atoms with Crippen LogP contribution in [0.15, 0.2) is 54.6 Å². The number of aromatic nitrogens is 2. The van der Waals surface area contributed by atoms with Crippen molar-refractivity contribution < 1.29 is 9.47 Å². The first-order chi connectivity index (χ1) is 12.7. The van der Waals surface area contributed by atoms with E-state index in [0.29, 0.717) is 18.3 Å². The highest BCUT2D eigenvalue weighted by Gasteiger charge is 2.06. The standard InChI is InChI=1S/C20H22N4O2/c1-14-11-19(23-16-8-6-9-17(12-16)25-2)24-20(22-14)21-13-15-7-4-5-10-18(15)26-3/h4-12H,13H2,1-3H3,(H2,21,22,23,24). The minimum Gasteiger partial charge on any atom is -0.497 e. The number of methoxy groups -OCH3 is 2. The zero-order chi connectivity index (χ0) is 18.4. The average Bonchev–Trinajstić information content (AvgIpc) is 2.66. The Morgan fingerprint density at radius 3 is 2.58 bits per heavy atom. The molecule has 0 aliphatic rings. The average molecular weight is 350 g/mol. The van der Waals surface area contributed by atoms with Crippen LogP contribution in [0.25, 0.3) is 0 Å². The molecular formula is C20H22N4O2. The lowest BCUT2D eigenvalue weighted by Crippen LogP contribution is -2.07. The Kier molecular flexibility index (Phi) is 5.53. The first-order valence-corrected chi connectivity index (χ1v) is 8.30. The van der Waals surface area contributed by atoms with Crippen LogP contribution in [0.4, 0.5) is 17.5 Å². The molecule has 1 heterocycles. The Morgan fingerprint density at radius 2 is 1.77 bits per heavy atom. The summed E-state index contributed by atoms with van der Waals surface area (Å²) in [6.45, 7) is 2.51. The summed E-state index contributed by atoms with van der Waals surface area (Å²) < 4.78 is 10.6. The van der Waals surface area contributed by atoms with Gasteiger partial charge in [-0.25, -0.2) is 4.98 Å². The number of anilines is 3. The van der Waals surface area contributed by atoms with E-state index < -0.39 is 0 Å². The molecule has 2 aromatic carbocycles. The van der Waals surface area contributed by atoms with Gasteiger partial charge in [-0.1, -0.05) is 24.3 Å². The summed E-state index contributed by atoms with van der Waals surface area (Å²) in [6.07, 6.45) is 0. The predicted molar refractivity (Wildman–Crippen MR) is 103 cm³/mol. The van der Waals surface area contributed by atoms with Crippen molar-refractivity contribution >= 4 is 17.5 Å². The molecular weight excluding hydrogens is 328 g/mol. The molecule has 6 nitrogen and oxygen atoms in total. The first kappa shape index (κ1) is 17.5. The summed E-state index contributed by atoms with van der Waals surface area (Å²) in [5.41, 5.74) is 2.81. The largest absolute Gasteiger partial charge is 0.497 e. The second kappa shape index (κ2) is 8.20. The van der Waals surface area contributed by atoms with Crippen LogP contribution in [0.2, 0.25) is 0 Å². The predicted octanol–water partition coefficient (Wildman–Crippen LogP) is 4.16. The van der Waals surface area contributed by atoms with Crippen molar-refractivity contribution in [2.24, 2.45) is 0 Å². The Hall–Kier alpha value is -3.28. The van der Waals surface area contributed by atoms with E-state index in [1.54, 1.807) is 14.2 Å². The maximum absolute atomic E-state index is 5.38. The van der Waals surface area contributed by atoms with Gasteiger partial charge in [0.15, 0.2) is 0 Å². The third-order valence-electron chi connectivity index (χ3n) is 3.83. The number of rotatable bonds is 7. The summed E-state index contributed by atoms with van der Waals surface area (Å²) in [4.78, 5) is 8.99. The highest BCUT2D eigenvalue weighted by atomic mass is 16.5. The molecule has 3 aromatic rings. The van der Waals surface area contributed by atoms with Crippen LogP contribution in [0, 0.1) is 6.92 Å². The Morgan fingerprint density at radius 1 is 0.923 bits per heavy atom. The molecule has 0 saturated heterocycles. The van der Waals surface area contributed by atoms with E-state index in [1.165, 1.54) is 0 Å². The topological polar surface area (TPSA) is 68.3 Å². The fraction of sp³-hybridized carbons (Fsp3) is 0.200. The first-order valence-electron chi connectivity index (χ1n) is 8.30. The molecule has 6 heteroatoms. The van der Waals surface area contributed by atoms with E-state index >= 15 is 0 Å². The zero-order valence-corrected chi connectivity index (χ0v) is 15.1. The smallest absolute Gasteiger partial charge is 0.225 e. The molecule has 0 radical (unpaired) electrons. The van der Waals surface area contributed by atoms with E-state index in [-0.39, 0.29) is 0 Å². The molecule has 0 saturated carbocycles. The van der Waals surface area contributed by atoms with E-state index in [2.05, 4.69) is 20.6 Å². The SMILES string of the molecule is COc1cccc(Nc2cc(C)nc(NCc3ccccc3OC)n2)c1. The molecule has 3 rings (SSSR count). The minimum absolute atomic E-state index is 0.557. The second-order valence-corrected chi connectivity index (χ2v) is 5.74. The van der Waals surface area contributed by atoms with E-state index in [9.17, 15) is 0 Å². The highest BCUT2D eigenvalue weighted by Crippen LogP contribution is 2.22. The molecule has 2 N–H and O–H groups in total. The van der Waals surface area contributed by atoms with Gasteiger partial charge < -0.3 is 20.1 Å². The fourth-order valence-corrected chi connectivity index (χ4v) is 2.58. The lowest BCUT2D eigenvalue weighted by atomic mass is 10.2.